The third kappa shape index (κ3) is 57.1. The normalized spacial score (nSPS) is 12.8. The summed E-state index contributed by atoms with van der Waals surface area (Å²) in [7, 11) is 0. The summed E-state index contributed by atoms with van der Waals surface area (Å²) in [5.41, 5.74) is 0. The lowest BCUT2D eigenvalue weighted by Crippen LogP contribution is -2.30. The van der Waals surface area contributed by atoms with Gasteiger partial charge in [-0.25, -0.2) is 0 Å². The summed E-state index contributed by atoms with van der Waals surface area (Å²) >= 11 is 0. The van der Waals surface area contributed by atoms with E-state index >= 15 is 0 Å². The molecule has 0 bridgehead atoms. The average Bonchev–Trinajstić information content (AvgIpc) is 3.37. The van der Waals surface area contributed by atoms with Crippen molar-refractivity contribution < 1.29 is 28.6 Å². The highest BCUT2D eigenvalue weighted by Crippen LogP contribution is 2.15. The van der Waals surface area contributed by atoms with E-state index in [1.807, 2.05) is 0 Å². The van der Waals surface area contributed by atoms with Gasteiger partial charge in [0, 0.05) is 19.3 Å². The predicted molar refractivity (Wildman–Crippen MR) is 307 cm³/mol. The Hall–Kier alpha value is -3.67. The Labute approximate surface area is 438 Å². The van der Waals surface area contributed by atoms with E-state index < -0.39 is 6.10 Å². The maximum Gasteiger partial charge on any atom is 0.306 e. The van der Waals surface area contributed by atoms with Crippen LogP contribution in [0.1, 0.15) is 278 Å². The number of rotatable bonds is 53. The molecule has 1 atom stereocenters. The van der Waals surface area contributed by atoms with Crippen LogP contribution in [0.2, 0.25) is 0 Å². The zero-order chi connectivity index (χ0) is 51.4. The van der Waals surface area contributed by atoms with Crippen LogP contribution in [0.5, 0.6) is 0 Å². The second-order valence-corrected chi connectivity index (χ2v) is 19.5. The summed E-state index contributed by atoms with van der Waals surface area (Å²) in [6.07, 6.45) is 78.2. The first-order chi connectivity index (χ1) is 35.0. The van der Waals surface area contributed by atoms with Crippen LogP contribution in [0.4, 0.5) is 0 Å². The Bertz CT molecular complexity index is 1410. The highest BCUT2D eigenvalue weighted by atomic mass is 16.6. The van der Waals surface area contributed by atoms with Crippen LogP contribution >= 0.6 is 0 Å². The summed E-state index contributed by atoms with van der Waals surface area (Å²) in [5, 5.41) is 0. The van der Waals surface area contributed by atoms with Gasteiger partial charge in [-0.15, -0.1) is 0 Å². The van der Waals surface area contributed by atoms with E-state index in [4.69, 9.17) is 14.2 Å². The van der Waals surface area contributed by atoms with Crippen molar-refractivity contribution >= 4 is 17.9 Å². The van der Waals surface area contributed by atoms with Crippen LogP contribution in [0.15, 0.2) is 97.2 Å². The van der Waals surface area contributed by atoms with Crippen molar-refractivity contribution in [1.82, 2.24) is 0 Å². The number of unbranched alkanes of at least 4 members (excludes halogenated alkanes) is 26. The molecule has 0 aromatic carbocycles. The zero-order valence-electron chi connectivity index (χ0n) is 46.5. The van der Waals surface area contributed by atoms with E-state index in [0.29, 0.717) is 19.3 Å². The van der Waals surface area contributed by atoms with Crippen molar-refractivity contribution in [3.8, 4) is 0 Å². The van der Waals surface area contributed by atoms with Crippen molar-refractivity contribution in [1.29, 1.82) is 0 Å². The standard InChI is InChI=1S/C65H110O6/c1-4-7-10-13-16-19-22-25-28-30-32-34-37-39-42-45-48-51-54-57-63(66)69-60-62(71-65(68)59-56-53-50-47-44-41-36-27-24-21-18-15-12-9-6-3)61-70-64(67)58-55-52-49-46-43-40-38-35-33-31-29-26-23-20-17-14-11-8-5-2/h7,10,16-17,19-21,24-26,28-29,32,34,39,42,62H,4-6,8-9,11-15,18,22-23,27,30-31,33,35-38,40-41,43-61H2,1-3H3/b10-7-,19-16-,20-17-,24-21-,28-25-,29-26-,34-32-,42-39-/t62-/m1/s1. The van der Waals surface area contributed by atoms with E-state index in [1.165, 1.54) is 135 Å². The van der Waals surface area contributed by atoms with Crippen LogP contribution in [-0.4, -0.2) is 37.2 Å². The molecule has 0 saturated carbocycles. The minimum Gasteiger partial charge on any atom is -0.462 e. The molecule has 0 fully saturated rings. The quantitative estimate of drug-likeness (QED) is 0.0261. The first kappa shape index (κ1) is 67.3. The molecule has 0 aromatic rings. The van der Waals surface area contributed by atoms with Crippen LogP contribution in [-0.2, 0) is 28.6 Å². The van der Waals surface area contributed by atoms with Crippen molar-refractivity contribution in [2.75, 3.05) is 13.2 Å². The molecule has 0 aliphatic carbocycles. The fourth-order valence-electron chi connectivity index (χ4n) is 8.08. The molecule has 0 aliphatic heterocycles. The van der Waals surface area contributed by atoms with Crippen LogP contribution in [0.3, 0.4) is 0 Å². The minimum atomic E-state index is -0.797. The van der Waals surface area contributed by atoms with Gasteiger partial charge in [0.05, 0.1) is 0 Å². The number of allylic oxidation sites excluding steroid dienone is 16. The van der Waals surface area contributed by atoms with Gasteiger partial charge in [-0.05, 0) is 122 Å². The topological polar surface area (TPSA) is 78.9 Å². The summed E-state index contributed by atoms with van der Waals surface area (Å²) in [4.78, 5) is 38.2. The number of hydrogen-bond donors (Lipinski definition) is 0. The van der Waals surface area contributed by atoms with Gasteiger partial charge in [0.1, 0.15) is 13.2 Å². The Kier molecular flexibility index (Phi) is 55.9. The molecule has 6 heteroatoms. The van der Waals surface area contributed by atoms with E-state index in [9.17, 15) is 14.4 Å². The van der Waals surface area contributed by atoms with Crippen LogP contribution in [0, 0.1) is 0 Å². The van der Waals surface area contributed by atoms with Gasteiger partial charge in [-0.2, -0.15) is 0 Å². The van der Waals surface area contributed by atoms with Crippen molar-refractivity contribution in [3.63, 3.8) is 0 Å². The lowest BCUT2D eigenvalue weighted by molar-refractivity contribution is -0.167. The maximum absolute atomic E-state index is 12.9. The van der Waals surface area contributed by atoms with Crippen LogP contribution in [0.25, 0.3) is 0 Å². The summed E-state index contributed by atoms with van der Waals surface area (Å²) < 4.78 is 16.9. The fourth-order valence-corrected chi connectivity index (χ4v) is 8.08. The van der Waals surface area contributed by atoms with Gasteiger partial charge in [-0.1, -0.05) is 234 Å². The fraction of sp³-hybridized carbons (Fsp3) is 0.708. The lowest BCUT2D eigenvalue weighted by Gasteiger charge is -2.18. The Morgan fingerprint density at radius 3 is 0.915 bits per heavy atom. The molecule has 0 saturated heterocycles. The SMILES string of the molecule is CC/C=C\C/C=C\C/C=C\C/C=C\C/C=C\CCCCCC(=O)OC[C@H](COC(=O)CCCCCCCCCCC/C=C\C/C=C\CCCCC)OC(=O)CCCCCCCCC/C=C\CCCCCC. The van der Waals surface area contributed by atoms with Crippen molar-refractivity contribution in [3.05, 3.63) is 97.2 Å². The molecular weight excluding hydrogens is 877 g/mol. The molecule has 0 unspecified atom stereocenters. The van der Waals surface area contributed by atoms with Gasteiger partial charge < -0.3 is 14.2 Å². The summed E-state index contributed by atoms with van der Waals surface area (Å²) in [5.74, 6) is -0.929. The van der Waals surface area contributed by atoms with Gasteiger partial charge in [0.2, 0.25) is 0 Å². The Morgan fingerprint density at radius 2 is 0.549 bits per heavy atom. The third-order valence-corrected chi connectivity index (χ3v) is 12.5. The number of carbonyl (C=O) groups is 3. The molecule has 406 valence electrons. The highest BCUT2D eigenvalue weighted by molar-refractivity contribution is 5.71. The van der Waals surface area contributed by atoms with E-state index in [2.05, 4.69) is 118 Å². The predicted octanol–water partition coefficient (Wildman–Crippen LogP) is 20.1. The minimum absolute atomic E-state index is 0.0922. The maximum atomic E-state index is 12.9. The van der Waals surface area contributed by atoms with E-state index in [0.717, 1.165) is 103 Å². The molecule has 0 spiro atoms. The van der Waals surface area contributed by atoms with E-state index in [-0.39, 0.29) is 31.1 Å². The summed E-state index contributed by atoms with van der Waals surface area (Å²) in [6.45, 7) is 6.47. The monoisotopic (exact) mass is 987 g/mol. The Balaban J connectivity index is 4.44. The smallest absolute Gasteiger partial charge is 0.306 e. The van der Waals surface area contributed by atoms with Gasteiger partial charge in [0.25, 0.3) is 0 Å². The highest BCUT2D eigenvalue weighted by Gasteiger charge is 2.19. The van der Waals surface area contributed by atoms with Crippen molar-refractivity contribution in [2.24, 2.45) is 0 Å². The van der Waals surface area contributed by atoms with E-state index in [1.54, 1.807) is 0 Å². The molecule has 6 nitrogen and oxygen atoms in total. The molecule has 0 aromatic heterocycles. The van der Waals surface area contributed by atoms with Crippen molar-refractivity contribution in [2.45, 2.75) is 284 Å². The molecule has 0 rings (SSSR count). The number of carbonyl (C=O) groups excluding carboxylic acids is 3. The summed E-state index contributed by atoms with van der Waals surface area (Å²) in [6, 6.07) is 0. The number of ether oxygens (including phenoxy) is 3. The van der Waals surface area contributed by atoms with Crippen LogP contribution < -0.4 is 0 Å². The first-order valence-electron chi connectivity index (χ1n) is 29.7. The van der Waals surface area contributed by atoms with Gasteiger partial charge >= 0.3 is 17.9 Å². The largest absolute Gasteiger partial charge is 0.462 e. The molecule has 0 radical (unpaired) electrons. The second-order valence-electron chi connectivity index (χ2n) is 19.5. The Morgan fingerprint density at radius 1 is 0.296 bits per heavy atom. The zero-order valence-corrected chi connectivity index (χ0v) is 46.5. The molecule has 0 heterocycles. The molecular formula is C65H110O6. The number of hydrogen-bond acceptors (Lipinski definition) is 6. The molecule has 0 amide bonds. The van der Waals surface area contributed by atoms with Gasteiger partial charge in [-0.3, -0.25) is 14.4 Å². The molecule has 0 N–H and O–H groups in total. The average molecular weight is 988 g/mol. The lowest BCUT2D eigenvalue weighted by atomic mass is 10.1. The van der Waals surface area contributed by atoms with Gasteiger partial charge in [0.15, 0.2) is 6.10 Å². The molecule has 71 heavy (non-hydrogen) atoms. The first-order valence-corrected chi connectivity index (χ1v) is 29.7. The second kappa shape index (κ2) is 58.9. The number of esters is 3. The third-order valence-electron chi connectivity index (χ3n) is 12.5. The molecule has 0 aliphatic rings.